The molecule has 1 heterocycles. The lowest BCUT2D eigenvalue weighted by molar-refractivity contribution is 0.661. The monoisotopic (exact) mass is 266 g/mol. The molecule has 1 aliphatic rings. The number of hydrogen-bond acceptors (Lipinski definition) is 2. The van der Waals surface area contributed by atoms with Crippen molar-refractivity contribution >= 4 is 10.9 Å². The van der Waals surface area contributed by atoms with Gasteiger partial charge in [-0.25, -0.2) is 4.98 Å². The summed E-state index contributed by atoms with van der Waals surface area (Å²) in [5.74, 6) is 0.873. The molecule has 0 atom stereocenters. The van der Waals surface area contributed by atoms with Crippen LogP contribution < -0.4 is 5.56 Å². The van der Waals surface area contributed by atoms with Gasteiger partial charge in [-0.05, 0) is 31.9 Å². The summed E-state index contributed by atoms with van der Waals surface area (Å²) in [5.41, 5.74) is 2.21. The number of para-hydroxylation sites is 1. The van der Waals surface area contributed by atoms with Gasteiger partial charge in [0.1, 0.15) is 5.82 Å². The standard InChI is InChI=1S/C17H18N2O/c1-2-19-16(12-13-8-4-3-5-9-13)18-15-11-7-6-10-14(15)17(19)20/h3-4,6-8,10-11H,2,5,9,12H2,1H3. The van der Waals surface area contributed by atoms with Crippen molar-refractivity contribution < 1.29 is 0 Å². The average Bonchev–Trinajstić information content (AvgIpc) is 2.49. The number of rotatable bonds is 3. The number of hydrogen-bond donors (Lipinski definition) is 0. The van der Waals surface area contributed by atoms with E-state index in [-0.39, 0.29) is 5.56 Å². The number of benzene rings is 1. The molecule has 0 aliphatic heterocycles. The average molecular weight is 266 g/mol. The molecule has 0 radical (unpaired) electrons. The molecule has 0 N–H and O–H groups in total. The SMILES string of the molecule is CCn1c(CC2=CC=CCC2)nc2ccccc2c1=O. The molecule has 20 heavy (non-hydrogen) atoms. The van der Waals surface area contributed by atoms with Crippen LogP contribution in [0.15, 0.2) is 52.9 Å². The van der Waals surface area contributed by atoms with E-state index in [4.69, 9.17) is 4.98 Å². The molecule has 0 saturated carbocycles. The Kier molecular flexibility index (Phi) is 3.50. The van der Waals surface area contributed by atoms with Gasteiger partial charge in [0.25, 0.3) is 5.56 Å². The predicted octanol–water partition coefficient (Wildman–Crippen LogP) is 3.24. The smallest absolute Gasteiger partial charge is 0.261 e. The molecule has 0 unspecified atom stereocenters. The van der Waals surface area contributed by atoms with Crippen LogP contribution in [0.2, 0.25) is 0 Å². The van der Waals surface area contributed by atoms with Crippen molar-refractivity contribution in [3.8, 4) is 0 Å². The van der Waals surface area contributed by atoms with E-state index in [9.17, 15) is 4.79 Å². The van der Waals surface area contributed by atoms with E-state index in [0.717, 1.165) is 30.6 Å². The van der Waals surface area contributed by atoms with Gasteiger partial charge < -0.3 is 0 Å². The fraction of sp³-hybridized carbons (Fsp3) is 0.294. The van der Waals surface area contributed by atoms with Crippen molar-refractivity contribution in [2.24, 2.45) is 0 Å². The van der Waals surface area contributed by atoms with Crippen LogP contribution in [0.25, 0.3) is 10.9 Å². The molecule has 0 bridgehead atoms. The lowest BCUT2D eigenvalue weighted by atomic mass is 10.0. The highest BCUT2D eigenvalue weighted by Gasteiger charge is 2.11. The highest BCUT2D eigenvalue weighted by atomic mass is 16.1. The van der Waals surface area contributed by atoms with Crippen molar-refractivity contribution in [2.75, 3.05) is 0 Å². The van der Waals surface area contributed by atoms with Crippen LogP contribution in [-0.4, -0.2) is 9.55 Å². The van der Waals surface area contributed by atoms with Crippen molar-refractivity contribution in [1.82, 2.24) is 9.55 Å². The summed E-state index contributed by atoms with van der Waals surface area (Å²) >= 11 is 0. The fourth-order valence-electron chi connectivity index (χ4n) is 2.68. The topological polar surface area (TPSA) is 34.9 Å². The summed E-state index contributed by atoms with van der Waals surface area (Å²) in [6.45, 7) is 2.66. The van der Waals surface area contributed by atoms with E-state index < -0.39 is 0 Å². The third kappa shape index (κ3) is 2.31. The largest absolute Gasteiger partial charge is 0.296 e. The Morgan fingerprint density at radius 3 is 2.90 bits per heavy atom. The zero-order valence-electron chi connectivity index (χ0n) is 11.7. The molecule has 0 spiro atoms. The molecule has 0 saturated heterocycles. The van der Waals surface area contributed by atoms with Gasteiger partial charge in [0.2, 0.25) is 0 Å². The Balaban J connectivity index is 2.12. The third-order valence-corrected chi connectivity index (χ3v) is 3.74. The van der Waals surface area contributed by atoms with Gasteiger partial charge in [0.15, 0.2) is 0 Å². The van der Waals surface area contributed by atoms with E-state index in [1.54, 1.807) is 4.57 Å². The first-order valence-electron chi connectivity index (χ1n) is 7.12. The van der Waals surface area contributed by atoms with Crippen LogP contribution >= 0.6 is 0 Å². The minimum atomic E-state index is 0.0695. The fourth-order valence-corrected chi connectivity index (χ4v) is 2.68. The van der Waals surface area contributed by atoms with Crippen molar-refractivity contribution in [1.29, 1.82) is 0 Å². The van der Waals surface area contributed by atoms with Crippen LogP contribution in [0, 0.1) is 0 Å². The maximum atomic E-state index is 12.5. The van der Waals surface area contributed by atoms with Crippen LogP contribution in [0.5, 0.6) is 0 Å². The molecule has 1 aromatic carbocycles. The molecule has 1 aromatic heterocycles. The lowest BCUT2D eigenvalue weighted by Gasteiger charge is -2.14. The second kappa shape index (κ2) is 5.45. The Morgan fingerprint density at radius 1 is 1.30 bits per heavy atom. The first-order valence-corrected chi connectivity index (χ1v) is 7.12. The van der Waals surface area contributed by atoms with E-state index in [1.807, 2.05) is 31.2 Å². The quantitative estimate of drug-likeness (QED) is 0.855. The van der Waals surface area contributed by atoms with Gasteiger partial charge in [-0.15, -0.1) is 0 Å². The van der Waals surface area contributed by atoms with Gasteiger partial charge in [-0.2, -0.15) is 0 Å². The second-order valence-electron chi connectivity index (χ2n) is 5.06. The van der Waals surface area contributed by atoms with Gasteiger partial charge in [0.05, 0.1) is 10.9 Å². The van der Waals surface area contributed by atoms with Crippen molar-refractivity contribution in [3.05, 3.63) is 64.2 Å². The zero-order chi connectivity index (χ0) is 13.9. The molecule has 3 heteroatoms. The normalized spacial score (nSPS) is 14.6. The Hall–Kier alpha value is -2.16. The van der Waals surface area contributed by atoms with E-state index in [1.165, 1.54) is 5.57 Å². The van der Waals surface area contributed by atoms with Crippen LogP contribution in [0.3, 0.4) is 0 Å². The molecule has 102 valence electrons. The van der Waals surface area contributed by atoms with Gasteiger partial charge in [-0.3, -0.25) is 9.36 Å². The van der Waals surface area contributed by atoms with Crippen LogP contribution in [0.4, 0.5) is 0 Å². The number of allylic oxidation sites excluding steroid dienone is 4. The summed E-state index contributed by atoms with van der Waals surface area (Å²) in [6, 6.07) is 7.58. The molecule has 1 aliphatic carbocycles. The minimum Gasteiger partial charge on any atom is -0.296 e. The molecule has 2 aromatic rings. The van der Waals surface area contributed by atoms with Crippen LogP contribution in [-0.2, 0) is 13.0 Å². The predicted molar refractivity (Wildman–Crippen MR) is 81.8 cm³/mol. The van der Waals surface area contributed by atoms with Crippen LogP contribution in [0.1, 0.15) is 25.6 Å². The third-order valence-electron chi connectivity index (χ3n) is 3.74. The molecule has 3 nitrogen and oxygen atoms in total. The van der Waals surface area contributed by atoms with Crippen molar-refractivity contribution in [2.45, 2.75) is 32.7 Å². The molecule has 3 rings (SSSR count). The zero-order valence-corrected chi connectivity index (χ0v) is 11.7. The number of nitrogens with zero attached hydrogens (tertiary/aromatic N) is 2. The molecule has 0 amide bonds. The van der Waals surface area contributed by atoms with E-state index >= 15 is 0 Å². The minimum absolute atomic E-state index is 0.0695. The summed E-state index contributed by atoms with van der Waals surface area (Å²) < 4.78 is 1.79. The van der Waals surface area contributed by atoms with Gasteiger partial charge in [-0.1, -0.05) is 35.9 Å². The van der Waals surface area contributed by atoms with E-state index in [2.05, 4.69) is 18.2 Å². The Labute approximate surface area is 118 Å². The summed E-state index contributed by atoms with van der Waals surface area (Å²) in [5, 5.41) is 0.704. The maximum absolute atomic E-state index is 12.5. The second-order valence-corrected chi connectivity index (χ2v) is 5.06. The summed E-state index contributed by atoms with van der Waals surface area (Å²) in [6.07, 6.45) is 9.31. The molecule has 0 fully saturated rings. The first kappa shape index (κ1) is 12.9. The Morgan fingerprint density at radius 2 is 2.15 bits per heavy atom. The van der Waals surface area contributed by atoms with Crippen molar-refractivity contribution in [3.63, 3.8) is 0 Å². The highest BCUT2D eigenvalue weighted by Crippen LogP contribution is 2.17. The maximum Gasteiger partial charge on any atom is 0.261 e. The first-order chi connectivity index (χ1) is 9.79. The molecular formula is C17H18N2O. The molecular weight excluding hydrogens is 248 g/mol. The number of aromatic nitrogens is 2. The highest BCUT2D eigenvalue weighted by molar-refractivity contribution is 5.77. The van der Waals surface area contributed by atoms with Gasteiger partial charge in [0, 0.05) is 13.0 Å². The summed E-state index contributed by atoms with van der Waals surface area (Å²) in [4.78, 5) is 17.2. The Bertz CT molecular complexity index is 753. The summed E-state index contributed by atoms with van der Waals surface area (Å²) in [7, 11) is 0. The van der Waals surface area contributed by atoms with E-state index in [0.29, 0.717) is 11.9 Å². The number of fused-ring (bicyclic) bond motifs is 1. The lowest BCUT2D eigenvalue weighted by Crippen LogP contribution is -2.25. The van der Waals surface area contributed by atoms with Gasteiger partial charge >= 0.3 is 0 Å².